The topological polar surface area (TPSA) is 43.8 Å². The first-order valence-corrected chi connectivity index (χ1v) is 7.62. The minimum Gasteiger partial charge on any atom is -0.480 e. The second kappa shape index (κ2) is 8.78. The molecule has 1 aliphatic rings. The Morgan fingerprint density at radius 1 is 1.35 bits per heavy atom. The van der Waals surface area contributed by atoms with Crippen LogP contribution in [0.1, 0.15) is 19.8 Å². The summed E-state index contributed by atoms with van der Waals surface area (Å²) >= 11 is 1.87. The molecule has 0 unspecified atom stereocenters. The maximum Gasteiger partial charge on any atom is 0.317 e. The molecular formula is C12H24N2O2S. The Bertz CT molecular complexity index is 221. The highest BCUT2D eigenvalue weighted by Gasteiger charge is 2.14. The highest BCUT2D eigenvalue weighted by molar-refractivity contribution is 7.99. The van der Waals surface area contributed by atoms with Gasteiger partial charge in [-0.1, -0.05) is 6.92 Å². The molecule has 1 heterocycles. The molecule has 1 fully saturated rings. The number of carbonyl (C=O) groups is 1. The van der Waals surface area contributed by atoms with Crippen molar-refractivity contribution in [1.82, 2.24) is 9.80 Å². The zero-order valence-electron chi connectivity index (χ0n) is 10.7. The average Bonchev–Trinajstić information content (AvgIpc) is 2.78. The lowest BCUT2D eigenvalue weighted by atomic mass is 10.4. The Hall–Kier alpha value is -0.260. The summed E-state index contributed by atoms with van der Waals surface area (Å²) in [5.41, 5.74) is 0. The van der Waals surface area contributed by atoms with E-state index >= 15 is 0 Å². The molecule has 17 heavy (non-hydrogen) atoms. The minimum absolute atomic E-state index is 0.179. The van der Waals surface area contributed by atoms with Crippen molar-refractivity contribution in [3.05, 3.63) is 0 Å². The van der Waals surface area contributed by atoms with Crippen LogP contribution < -0.4 is 0 Å². The fourth-order valence-corrected chi connectivity index (χ4v) is 2.76. The quantitative estimate of drug-likeness (QED) is 0.632. The van der Waals surface area contributed by atoms with Crippen LogP contribution in [0.2, 0.25) is 0 Å². The number of likely N-dealkylation sites (tertiary alicyclic amines) is 1. The number of thioether (sulfide) groups is 1. The van der Waals surface area contributed by atoms with Crippen LogP contribution in [-0.4, -0.2) is 71.6 Å². The van der Waals surface area contributed by atoms with Gasteiger partial charge >= 0.3 is 5.97 Å². The van der Waals surface area contributed by atoms with Crippen molar-refractivity contribution < 1.29 is 9.90 Å². The zero-order chi connectivity index (χ0) is 12.5. The van der Waals surface area contributed by atoms with Gasteiger partial charge in [0.2, 0.25) is 0 Å². The normalized spacial score (nSPS) is 16.8. The fourth-order valence-electron chi connectivity index (χ4n) is 2.09. The van der Waals surface area contributed by atoms with Gasteiger partial charge in [-0.25, -0.2) is 0 Å². The SMILES string of the molecule is CCSCCN(CCN1CCCC1)CC(=O)O. The lowest BCUT2D eigenvalue weighted by Crippen LogP contribution is -2.38. The molecule has 0 saturated carbocycles. The Morgan fingerprint density at radius 2 is 2.06 bits per heavy atom. The van der Waals surface area contributed by atoms with Crippen LogP contribution in [-0.2, 0) is 4.79 Å². The summed E-state index contributed by atoms with van der Waals surface area (Å²) in [5, 5.41) is 8.87. The fraction of sp³-hybridized carbons (Fsp3) is 0.917. The predicted molar refractivity (Wildman–Crippen MR) is 72.7 cm³/mol. The third kappa shape index (κ3) is 6.91. The molecule has 1 saturated heterocycles. The lowest BCUT2D eigenvalue weighted by Gasteiger charge is -2.23. The van der Waals surface area contributed by atoms with Crippen LogP contribution in [0.15, 0.2) is 0 Å². The van der Waals surface area contributed by atoms with Gasteiger partial charge in [-0.2, -0.15) is 11.8 Å². The molecule has 1 N–H and O–H groups in total. The molecule has 0 aromatic carbocycles. The predicted octanol–water partition coefficient (Wildman–Crippen LogP) is 1.22. The van der Waals surface area contributed by atoms with E-state index in [2.05, 4.69) is 16.7 Å². The van der Waals surface area contributed by atoms with Crippen molar-refractivity contribution in [2.75, 3.05) is 50.8 Å². The largest absolute Gasteiger partial charge is 0.480 e. The number of aliphatic carboxylic acids is 1. The van der Waals surface area contributed by atoms with E-state index in [1.54, 1.807) is 0 Å². The highest BCUT2D eigenvalue weighted by Crippen LogP contribution is 2.07. The number of rotatable bonds is 9. The molecule has 0 bridgehead atoms. The minimum atomic E-state index is -0.715. The van der Waals surface area contributed by atoms with Gasteiger partial charge in [-0.15, -0.1) is 0 Å². The van der Waals surface area contributed by atoms with Crippen molar-refractivity contribution in [3.8, 4) is 0 Å². The van der Waals surface area contributed by atoms with E-state index in [4.69, 9.17) is 5.11 Å². The molecule has 0 spiro atoms. The van der Waals surface area contributed by atoms with Crippen molar-refractivity contribution >= 4 is 17.7 Å². The lowest BCUT2D eigenvalue weighted by molar-refractivity contribution is -0.138. The standard InChI is InChI=1S/C12H24N2O2S/c1-2-17-10-9-14(11-12(15)16)8-7-13-5-3-4-6-13/h2-11H2,1H3,(H,15,16). The molecule has 4 nitrogen and oxygen atoms in total. The summed E-state index contributed by atoms with van der Waals surface area (Å²) in [5.74, 6) is 1.42. The van der Waals surface area contributed by atoms with Crippen molar-refractivity contribution in [3.63, 3.8) is 0 Å². The Labute approximate surface area is 108 Å². The van der Waals surface area contributed by atoms with Crippen LogP contribution in [0.3, 0.4) is 0 Å². The summed E-state index contributed by atoms with van der Waals surface area (Å²) in [6, 6.07) is 0. The summed E-state index contributed by atoms with van der Waals surface area (Å²) in [4.78, 5) is 15.3. The summed E-state index contributed by atoms with van der Waals surface area (Å²) < 4.78 is 0. The smallest absolute Gasteiger partial charge is 0.317 e. The van der Waals surface area contributed by atoms with Gasteiger partial charge in [0.15, 0.2) is 0 Å². The van der Waals surface area contributed by atoms with Gasteiger partial charge in [0.25, 0.3) is 0 Å². The molecule has 0 aliphatic carbocycles. The van der Waals surface area contributed by atoms with Crippen molar-refractivity contribution in [1.29, 1.82) is 0 Å². The first kappa shape index (κ1) is 14.8. The second-order valence-electron chi connectivity index (χ2n) is 4.42. The van der Waals surface area contributed by atoms with E-state index in [1.807, 2.05) is 11.8 Å². The molecule has 5 heteroatoms. The third-order valence-electron chi connectivity index (χ3n) is 3.05. The summed E-state index contributed by atoms with van der Waals surface area (Å²) in [7, 11) is 0. The molecule has 0 radical (unpaired) electrons. The van der Waals surface area contributed by atoms with E-state index in [-0.39, 0.29) is 6.54 Å². The maximum atomic E-state index is 10.8. The molecule has 0 aromatic rings. The zero-order valence-corrected chi connectivity index (χ0v) is 11.5. The summed E-state index contributed by atoms with van der Waals surface area (Å²) in [6.45, 7) is 7.48. The van der Waals surface area contributed by atoms with E-state index < -0.39 is 5.97 Å². The Balaban J connectivity index is 2.20. The molecule has 0 amide bonds. The molecule has 1 aliphatic heterocycles. The molecule has 0 aromatic heterocycles. The Kier molecular flexibility index (Phi) is 7.64. The van der Waals surface area contributed by atoms with Crippen LogP contribution in [0.5, 0.6) is 0 Å². The first-order valence-electron chi connectivity index (χ1n) is 6.46. The number of hydrogen-bond donors (Lipinski definition) is 1. The van der Waals surface area contributed by atoms with Gasteiger partial charge in [-0.3, -0.25) is 9.69 Å². The number of carboxylic acids is 1. The molecule has 0 atom stereocenters. The van der Waals surface area contributed by atoms with Gasteiger partial charge < -0.3 is 10.0 Å². The average molecular weight is 260 g/mol. The first-order chi connectivity index (χ1) is 8.22. The van der Waals surface area contributed by atoms with Crippen LogP contribution in [0, 0.1) is 0 Å². The number of carboxylic acid groups (broad SMARTS) is 1. The van der Waals surface area contributed by atoms with Gasteiger partial charge in [0.1, 0.15) is 0 Å². The molecule has 100 valence electrons. The number of hydrogen-bond acceptors (Lipinski definition) is 4. The van der Waals surface area contributed by atoms with E-state index in [0.29, 0.717) is 0 Å². The van der Waals surface area contributed by atoms with Gasteiger partial charge in [0, 0.05) is 25.4 Å². The maximum absolute atomic E-state index is 10.8. The Morgan fingerprint density at radius 3 is 2.65 bits per heavy atom. The van der Waals surface area contributed by atoms with Crippen molar-refractivity contribution in [2.45, 2.75) is 19.8 Å². The van der Waals surface area contributed by atoms with Crippen molar-refractivity contribution in [2.24, 2.45) is 0 Å². The number of nitrogens with zero attached hydrogens (tertiary/aromatic N) is 2. The molecule has 1 rings (SSSR count). The monoisotopic (exact) mass is 260 g/mol. The van der Waals surface area contributed by atoms with Crippen LogP contribution in [0.4, 0.5) is 0 Å². The van der Waals surface area contributed by atoms with E-state index in [1.165, 1.54) is 25.9 Å². The third-order valence-corrected chi connectivity index (χ3v) is 3.93. The highest BCUT2D eigenvalue weighted by atomic mass is 32.2. The summed E-state index contributed by atoms with van der Waals surface area (Å²) in [6.07, 6.45) is 2.59. The van der Waals surface area contributed by atoms with Crippen LogP contribution >= 0.6 is 11.8 Å². The van der Waals surface area contributed by atoms with E-state index in [0.717, 1.165) is 31.1 Å². The van der Waals surface area contributed by atoms with Gasteiger partial charge in [0.05, 0.1) is 6.54 Å². The van der Waals surface area contributed by atoms with E-state index in [9.17, 15) is 4.79 Å². The molecular weight excluding hydrogens is 236 g/mol. The van der Waals surface area contributed by atoms with Gasteiger partial charge in [-0.05, 0) is 31.7 Å². The van der Waals surface area contributed by atoms with Crippen LogP contribution in [0.25, 0.3) is 0 Å². The second-order valence-corrected chi connectivity index (χ2v) is 5.81.